The Morgan fingerprint density at radius 3 is 2.50 bits per heavy atom. The maximum absolute atomic E-state index is 13.1. The van der Waals surface area contributed by atoms with E-state index in [-0.39, 0.29) is 30.0 Å². The second-order valence-electron chi connectivity index (χ2n) is 6.86. The summed E-state index contributed by atoms with van der Waals surface area (Å²) in [5.74, 6) is -0.480. The van der Waals surface area contributed by atoms with Crippen molar-refractivity contribution >= 4 is 28.2 Å². The largest absolute Gasteiger partial charge is 0.383 e. The zero-order chi connectivity index (χ0) is 21.8. The summed E-state index contributed by atoms with van der Waals surface area (Å²) in [6.07, 6.45) is 1.38. The Balaban J connectivity index is 2.02. The van der Waals surface area contributed by atoms with Crippen LogP contribution < -0.4 is 27.4 Å². The van der Waals surface area contributed by atoms with E-state index in [9.17, 15) is 19.2 Å². The van der Waals surface area contributed by atoms with E-state index in [1.807, 2.05) is 6.92 Å². The number of amides is 1. The Morgan fingerprint density at radius 1 is 1.13 bits per heavy atom. The van der Waals surface area contributed by atoms with E-state index < -0.39 is 17.2 Å². The number of carbonyl (C=O) groups is 1. The molecule has 0 saturated heterocycles. The molecule has 0 fully saturated rings. The predicted octanol–water partition coefficient (Wildman–Crippen LogP) is 0.751. The third-order valence-corrected chi connectivity index (χ3v) is 4.93. The van der Waals surface area contributed by atoms with Gasteiger partial charge < -0.3 is 10.6 Å². The van der Waals surface area contributed by atoms with Gasteiger partial charge in [-0.1, -0.05) is 31.5 Å². The van der Waals surface area contributed by atoms with Crippen molar-refractivity contribution in [2.24, 2.45) is 0 Å². The fourth-order valence-electron chi connectivity index (χ4n) is 3.38. The number of hydrogen-bond acceptors (Lipinski definition) is 6. The lowest BCUT2D eigenvalue weighted by atomic mass is 10.1. The second-order valence-corrected chi connectivity index (χ2v) is 6.86. The van der Waals surface area contributed by atoms with Crippen LogP contribution in [0.4, 0.5) is 11.5 Å². The van der Waals surface area contributed by atoms with Gasteiger partial charge in [-0.05, 0) is 19.4 Å². The van der Waals surface area contributed by atoms with Crippen LogP contribution in [0.2, 0.25) is 0 Å². The minimum atomic E-state index is -0.722. The van der Waals surface area contributed by atoms with E-state index in [1.54, 1.807) is 31.2 Å². The standard InChI is InChI=1S/C20H24N6O4/c1-3-5-10-26-17(21)16(19(29)22-20(26)30)25(4-2)15(27)11-14-12-8-6-7-9-13(12)18(28)24-23-14/h6-9H,3-5,10-11,21H2,1-2H3,(H,24,28)(H,22,29,30). The average molecular weight is 412 g/mol. The molecule has 0 radical (unpaired) electrons. The molecule has 3 rings (SSSR count). The van der Waals surface area contributed by atoms with E-state index >= 15 is 0 Å². The summed E-state index contributed by atoms with van der Waals surface area (Å²) in [5.41, 5.74) is 4.77. The van der Waals surface area contributed by atoms with E-state index in [4.69, 9.17) is 5.73 Å². The number of aromatic amines is 2. The fourth-order valence-corrected chi connectivity index (χ4v) is 3.38. The van der Waals surface area contributed by atoms with Crippen LogP contribution in [-0.4, -0.2) is 32.2 Å². The number of unbranched alkanes of at least 4 members (excludes halogenated alkanes) is 1. The molecule has 0 saturated carbocycles. The molecule has 4 N–H and O–H groups in total. The summed E-state index contributed by atoms with van der Waals surface area (Å²) in [6.45, 7) is 4.18. The fraction of sp³-hybridized carbons (Fsp3) is 0.350. The van der Waals surface area contributed by atoms with Crippen LogP contribution in [0.15, 0.2) is 38.6 Å². The molecule has 1 amide bonds. The molecule has 0 spiro atoms. The third-order valence-electron chi connectivity index (χ3n) is 4.93. The molecule has 0 unspecified atom stereocenters. The number of fused-ring (bicyclic) bond motifs is 1. The topological polar surface area (TPSA) is 147 Å². The van der Waals surface area contributed by atoms with Gasteiger partial charge in [-0.25, -0.2) is 9.89 Å². The molecular weight excluding hydrogens is 388 g/mol. The SMILES string of the molecule is CCCCn1c(N)c(N(CC)C(=O)Cc2n[nH]c(=O)c3ccccc23)c(=O)[nH]c1=O. The van der Waals surface area contributed by atoms with Crippen LogP contribution in [0.1, 0.15) is 32.4 Å². The third kappa shape index (κ3) is 3.88. The lowest BCUT2D eigenvalue weighted by molar-refractivity contribution is -0.118. The van der Waals surface area contributed by atoms with Gasteiger partial charge in [-0.15, -0.1) is 0 Å². The highest BCUT2D eigenvalue weighted by molar-refractivity contribution is 5.98. The Labute approximate surface area is 171 Å². The molecule has 0 aliphatic carbocycles. The van der Waals surface area contributed by atoms with Gasteiger partial charge in [0.2, 0.25) is 5.91 Å². The van der Waals surface area contributed by atoms with Gasteiger partial charge in [0.05, 0.1) is 17.5 Å². The summed E-state index contributed by atoms with van der Waals surface area (Å²) in [5, 5.41) is 7.39. The van der Waals surface area contributed by atoms with Gasteiger partial charge in [0.15, 0.2) is 5.69 Å². The number of benzene rings is 1. The number of nitrogens with one attached hydrogen (secondary N) is 2. The van der Waals surface area contributed by atoms with Crippen molar-refractivity contribution in [2.75, 3.05) is 17.2 Å². The van der Waals surface area contributed by atoms with Gasteiger partial charge >= 0.3 is 5.69 Å². The van der Waals surface area contributed by atoms with Crippen molar-refractivity contribution < 1.29 is 4.79 Å². The van der Waals surface area contributed by atoms with Gasteiger partial charge in [0.1, 0.15) is 5.82 Å². The lowest BCUT2D eigenvalue weighted by Crippen LogP contribution is -2.41. The van der Waals surface area contributed by atoms with Crippen molar-refractivity contribution in [2.45, 2.75) is 39.7 Å². The highest BCUT2D eigenvalue weighted by Crippen LogP contribution is 2.19. The molecule has 30 heavy (non-hydrogen) atoms. The number of hydrogen-bond donors (Lipinski definition) is 3. The molecule has 2 heterocycles. The summed E-state index contributed by atoms with van der Waals surface area (Å²) in [4.78, 5) is 53.2. The van der Waals surface area contributed by atoms with Gasteiger partial charge in [0, 0.05) is 18.5 Å². The zero-order valence-corrected chi connectivity index (χ0v) is 16.9. The zero-order valence-electron chi connectivity index (χ0n) is 16.9. The summed E-state index contributed by atoms with van der Waals surface area (Å²) in [6, 6.07) is 6.83. The highest BCUT2D eigenvalue weighted by atomic mass is 16.2. The number of nitrogens with two attached hydrogens (primary N) is 1. The molecule has 0 aliphatic heterocycles. The second kappa shape index (κ2) is 8.76. The normalized spacial score (nSPS) is 11.0. The Morgan fingerprint density at radius 2 is 1.83 bits per heavy atom. The maximum atomic E-state index is 13.1. The minimum absolute atomic E-state index is 0.0494. The number of anilines is 2. The Hall–Kier alpha value is -3.69. The monoisotopic (exact) mass is 412 g/mol. The lowest BCUT2D eigenvalue weighted by Gasteiger charge is -2.23. The van der Waals surface area contributed by atoms with Gasteiger partial charge in [0.25, 0.3) is 11.1 Å². The van der Waals surface area contributed by atoms with Crippen molar-refractivity contribution in [3.8, 4) is 0 Å². The maximum Gasteiger partial charge on any atom is 0.330 e. The molecule has 2 aromatic heterocycles. The quantitative estimate of drug-likeness (QED) is 0.522. The molecule has 1 aromatic carbocycles. The summed E-state index contributed by atoms with van der Waals surface area (Å²) in [7, 11) is 0. The van der Waals surface area contributed by atoms with Crippen LogP contribution in [0.25, 0.3) is 10.8 Å². The molecule has 0 bridgehead atoms. The van der Waals surface area contributed by atoms with Crippen LogP contribution in [0.5, 0.6) is 0 Å². The van der Waals surface area contributed by atoms with Crippen LogP contribution in [-0.2, 0) is 17.8 Å². The number of nitrogen functional groups attached to an aromatic ring is 1. The Bertz CT molecular complexity index is 1260. The van der Waals surface area contributed by atoms with Crippen molar-refractivity contribution in [1.82, 2.24) is 19.7 Å². The molecular formula is C20H24N6O4. The first-order valence-corrected chi connectivity index (χ1v) is 9.78. The molecule has 0 atom stereocenters. The number of H-pyrrole nitrogens is 2. The number of likely N-dealkylation sites (N-methyl/N-ethyl adjacent to an activating group) is 1. The smallest absolute Gasteiger partial charge is 0.330 e. The van der Waals surface area contributed by atoms with E-state index in [0.29, 0.717) is 29.4 Å². The first-order valence-electron chi connectivity index (χ1n) is 9.78. The molecule has 158 valence electrons. The van der Waals surface area contributed by atoms with E-state index in [1.165, 1.54) is 9.47 Å². The highest BCUT2D eigenvalue weighted by Gasteiger charge is 2.24. The average Bonchev–Trinajstić information content (AvgIpc) is 2.73. The predicted molar refractivity (Wildman–Crippen MR) is 115 cm³/mol. The number of aromatic nitrogens is 4. The number of nitrogens with zero attached hydrogens (tertiary/aromatic N) is 3. The molecule has 10 heteroatoms. The first-order chi connectivity index (χ1) is 14.4. The van der Waals surface area contributed by atoms with Crippen molar-refractivity contribution in [1.29, 1.82) is 0 Å². The Kier molecular flexibility index (Phi) is 6.14. The molecule has 0 aliphatic rings. The summed E-state index contributed by atoms with van der Waals surface area (Å²) < 4.78 is 1.27. The van der Waals surface area contributed by atoms with Gasteiger partial charge in [-0.3, -0.25) is 23.9 Å². The molecule has 3 aromatic rings. The summed E-state index contributed by atoms with van der Waals surface area (Å²) >= 11 is 0. The van der Waals surface area contributed by atoms with E-state index in [0.717, 1.165) is 6.42 Å². The van der Waals surface area contributed by atoms with Crippen molar-refractivity contribution in [3.05, 3.63) is 61.2 Å². The first kappa shape index (κ1) is 21.0. The van der Waals surface area contributed by atoms with Crippen LogP contribution in [0, 0.1) is 0 Å². The number of rotatable bonds is 7. The van der Waals surface area contributed by atoms with Gasteiger partial charge in [-0.2, -0.15) is 5.10 Å². The van der Waals surface area contributed by atoms with E-state index in [2.05, 4.69) is 15.2 Å². The van der Waals surface area contributed by atoms with Crippen LogP contribution >= 0.6 is 0 Å². The number of carbonyl (C=O) groups excluding carboxylic acids is 1. The van der Waals surface area contributed by atoms with Crippen LogP contribution in [0.3, 0.4) is 0 Å². The minimum Gasteiger partial charge on any atom is -0.383 e. The van der Waals surface area contributed by atoms with Crippen molar-refractivity contribution in [3.63, 3.8) is 0 Å². The molecule has 10 nitrogen and oxygen atoms in total.